The van der Waals surface area contributed by atoms with Crippen LogP contribution in [-0.2, 0) is 6.42 Å². The third-order valence-corrected chi connectivity index (χ3v) is 3.82. The highest BCUT2D eigenvalue weighted by Crippen LogP contribution is 2.30. The van der Waals surface area contributed by atoms with Gasteiger partial charge in [0.1, 0.15) is 11.6 Å². The fourth-order valence-electron chi connectivity index (χ4n) is 2.34. The summed E-state index contributed by atoms with van der Waals surface area (Å²) in [5.74, 6) is 5.95. The molecule has 21 heavy (non-hydrogen) atoms. The maximum Gasteiger partial charge on any atom is 0.142 e. The molecule has 0 aliphatic carbocycles. The molecular formula is C16H18ClFN2O. The van der Waals surface area contributed by atoms with E-state index in [1.807, 2.05) is 25.1 Å². The molecule has 3 N–H and O–H groups in total. The maximum atomic E-state index is 13.6. The maximum absolute atomic E-state index is 13.6. The van der Waals surface area contributed by atoms with Crippen LogP contribution in [0.2, 0.25) is 5.02 Å². The van der Waals surface area contributed by atoms with Crippen LogP contribution in [0.4, 0.5) is 4.39 Å². The lowest BCUT2D eigenvalue weighted by molar-refractivity contribution is 0.405. The van der Waals surface area contributed by atoms with Crippen LogP contribution >= 0.6 is 11.6 Å². The molecule has 2 aromatic carbocycles. The molecule has 0 saturated carbocycles. The van der Waals surface area contributed by atoms with Crippen molar-refractivity contribution in [1.82, 2.24) is 5.43 Å². The van der Waals surface area contributed by atoms with E-state index < -0.39 is 5.82 Å². The number of hydrogen-bond acceptors (Lipinski definition) is 3. The Morgan fingerprint density at radius 3 is 2.76 bits per heavy atom. The lowest BCUT2D eigenvalue weighted by Crippen LogP contribution is -2.30. The smallest absolute Gasteiger partial charge is 0.142 e. The van der Waals surface area contributed by atoms with Gasteiger partial charge in [-0.1, -0.05) is 41.4 Å². The van der Waals surface area contributed by atoms with E-state index in [4.69, 9.17) is 22.2 Å². The van der Waals surface area contributed by atoms with Crippen LogP contribution in [0.15, 0.2) is 36.4 Å². The summed E-state index contributed by atoms with van der Waals surface area (Å²) < 4.78 is 19.0. The Kier molecular flexibility index (Phi) is 5.17. The monoisotopic (exact) mass is 308 g/mol. The number of nitrogens with two attached hydrogens (primary N) is 1. The number of benzene rings is 2. The summed E-state index contributed by atoms with van der Waals surface area (Å²) in [5, 5.41) is 0.0899. The third-order valence-electron chi connectivity index (χ3n) is 3.42. The molecule has 0 aliphatic heterocycles. The fourth-order valence-corrected chi connectivity index (χ4v) is 2.59. The average molecular weight is 309 g/mol. The summed E-state index contributed by atoms with van der Waals surface area (Å²) in [4.78, 5) is 0. The standard InChI is InChI=1S/C16H18ClFN2O/c1-10-6-7-15(21-2)11(8-10)9-14(20-19)12-4-3-5-13(18)16(12)17/h3-8,14,20H,9,19H2,1-2H3. The Morgan fingerprint density at radius 1 is 1.33 bits per heavy atom. The molecule has 3 nitrogen and oxygen atoms in total. The first-order valence-corrected chi connectivity index (χ1v) is 6.98. The minimum atomic E-state index is -0.453. The zero-order chi connectivity index (χ0) is 15.4. The Labute approximate surface area is 128 Å². The van der Waals surface area contributed by atoms with Crippen LogP contribution < -0.4 is 16.0 Å². The van der Waals surface area contributed by atoms with Crippen molar-refractivity contribution in [1.29, 1.82) is 0 Å². The topological polar surface area (TPSA) is 47.3 Å². The van der Waals surface area contributed by atoms with Gasteiger partial charge in [0.05, 0.1) is 18.2 Å². The SMILES string of the molecule is COc1ccc(C)cc1CC(NN)c1cccc(F)c1Cl. The molecule has 0 fully saturated rings. The van der Waals surface area contributed by atoms with Gasteiger partial charge < -0.3 is 4.74 Å². The zero-order valence-electron chi connectivity index (χ0n) is 12.0. The van der Waals surface area contributed by atoms with Crippen LogP contribution in [0.1, 0.15) is 22.7 Å². The van der Waals surface area contributed by atoms with E-state index in [1.165, 1.54) is 6.07 Å². The number of ether oxygens (including phenoxy) is 1. The number of aryl methyl sites for hydroxylation is 1. The molecule has 0 spiro atoms. The largest absolute Gasteiger partial charge is 0.496 e. The first kappa shape index (κ1) is 15.8. The molecule has 0 radical (unpaired) electrons. The number of nitrogens with one attached hydrogen (secondary N) is 1. The van der Waals surface area contributed by atoms with Gasteiger partial charge in [-0.15, -0.1) is 0 Å². The average Bonchev–Trinajstić information content (AvgIpc) is 2.48. The van der Waals surface area contributed by atoms with Crippen LogP contribution in [-0.4, -0.2) is 7.11 Å². The number of methoxy groups -OCH3 is 1. The second-order valence-corrected chi connectivity index (χ2v) is 5.26. The van der Waals surface area contributed by atoms with Crippen LogP contribution in [0.5, 0.6) is 5.75 Å². The second kappa shape index (κ2) is 6.89. The van der Waals surface area contributed by atoms with Crippen molar-refractivity contribution >= 4 is 11.6 Å². The first-order chi connectivity index (χ1) is 10.1. The van der Waals surface area contributed by atoms with Gasteiger partial charge in [0, 0.05) is 0 Å². The van der Waals surface area contributed by atoms with E-state index in [9.17, 15) is 4.39 Å². The summed E-state index contributed by atoms with van der Waals surface area (Å²) in [7, 11) is 1.62. The quantitative estimate of drug-likeness (QED) is 0.656. The first-order valence-electron chi connectivity index (χ1n) is 6.60. The number of hydrazine groups is 1. The predicted octanol–water partition coefficient (Wildman–Crippen LogP) is 3.54. The Morgan fingerprint density at radius 2 is 2.10 bits per heavy atom. The molecule has 1 unspecified atom stereocenters. The van der Waals surface area contributed by atoms with E-state index in [2.05, 4.69) is 5.43 Å². The van der Waals surface area contributed by atoms with Crippen molar-refractivity contribution in [2.45, 2.75) is 19.4 Å². The minimum Gasteiger partial charge on any atom is -0.496 e. The summed E-state index contributed by atoms with van der Waals surface area (Å²) >= 11 is 6.04. The molecule has 0 aliphatic rings. The Hall–Kier alpha value is -1.62. The molecule has 0 bridgehead atoms. The van der Waals surface area contributed by atoms with Gasteiger partial charge in [0.15, 0.2) is 0 Å². The summed E-state index contributed by atoms with van der Waals surface area (Å²) in [5.41, 5.74) is 5.43. The lowest BCUT2D eigenvalue weighted by Gasteiger charge is -2.19. The summed E-state index contributed by atoms with van der Waals surface area (Å²) in [6.45, 7) is 2.00. The molecule has 0 aromatic heterocycles. The Balaban J connectivity index is 2.35. The molecule has 0 amide bonds. The summed E-state index contributed by atoms with van der Waals surface area (Å²) in [6, 6.07) is 10.3. The van der Waals surface area contributed by atoms with E-state index in [1.54, 1.807) is 19.2 Å². The van der Waals surface area contributed by atoms with Gasteiger partial charge in [0.2, 0.25) is 0 Å². The number of hydrogen-bond donors (Lipinski definition) is 2. The highest BCUT2D eigenvalue weighted by atomic mass is 35.5. The highest BCUT2D eigenvalue weighted by molar-refractivity contribution is 6.31. The van der Waals surface area contributed by atoms with Gasteiger partial charge in [-0.05, 0) is 36.6 Å². The lowest BCUT2D eigenvalue weighted by atomic mass is 9.97. The van der Waals surface area contributed by atoms with E-state index in [-0.39, 0.29) is 11.1 Å². The van der Waals surface area contributed by atoms with Crippen molar-refractivity contribution < 1.29 is 9.13 Å². The molecule has 112 valence electrons. The van der Waals surface area contributed by atoms with Crippen molar-refractivity contribution in [3.05, 3.63) is 63.9 Å². The molecule has 0 saturated heterocycles. The van der Waals surface area contributed by atoms with Gasteiger partial charge >= 0.3 is 0 Å². The molecule has 2 rings (SSSR count). The number of rotatable bonds is 5. The normalized spacial score (nSPS) is 12.2. The Bertz CT molecular complexity index is 634. The van der Waals surface area contributed by atoms with Gasteiger partial charge in [-0.3, -0.25) is 11.3 Å². The van der Waals surface area contributed by atoms with Crippen molar-refractivity contribution in [2.24, 2.45) is 5.84 Å². The van der Waals surface area contributed by atoms with Gasteiger partial charge in [-0.25, -0.2) is 4.39 Å². The number of halogens is 2. The zero-order valence-corrected chi connectivity index (χ0v) is 12.7. The molecule has 0 heterocycles. The van der Waals surface area contributed by atoms with E-state index in [0.29, 0.717) is 12.0 Å². The fraction of sp³-hybridized carbons (Fsp3) is 0.250. The van der Waals surface area contributed by atoms with Crippen LogP contribution in [0.25, 0.3) is 0 Å². The van der Waals surface area contributed by atoms with Crippen molar-refractivity contribution in [2.75, 3.05) is 7.11 Å². The van der Waals surface area contributed by atoms with Crippen LogP contribution in [0.3, 0.4) is 0 Å². The van der Waals surface area contributed by atoms with Gasteiger partial charge in [0.25, 0.3) is 0 Å². The predicted molar refractivity (Wildman–Crippen MR) is 82.9 cm³/mol. The molecule has 1 atom stereocenters. The van der Waals surface area contributed by atoms with Crippen molar-refractivity contribution in [3.8, 4) is 5.75 Å². The van der Waals surface area contributed by atoms with Gasteiger partial charge in [-0.2, -0.15) is 0 Å². The van der Waals surface area contributed by atoms with Crippen molar-refractivity contribution in [3.63, 3.8) is 0 Å². The second-order valence-electron chi connectivity index (χ2n) is 4.88. The van der Waals surface area contributed by atoms with Crippen LogP contribution in [0, 0.1) is 12.7 Å². The summed E-state index contributed by atoms with van der Waals surface area (Å²) in [6.07, 6.45) is 0.546. The van der Waals surface area contributed by atoms with E-state index >= 15 is 0 Å². The molecular weight excluding hydrogens is 291 g/mol. The molecule has 5 heteroatoms. The minimum absolute atomic E-state index is 0.0899. The molecule has 2 aromatic rings. The van der Waals surface area contributed by atoms with E-state index in [0.717, 1.165) is 16.9 Å². The highest BCUT2D eigenvalue weighted by Gasteiger charge is 2.18. The third kappa shape index (κ3) is 3.53.